The van der Waals surface area contributed by atoms with Crippen molar-refractivity contribution in [2.75, 3.05) is 18.0 Å². The maximum atomic E-state index is 11.2. The predicted molar refractivity (Wildman–Crippen MR) is 92.1 cm³/mol. The van der Waals surface area contributed by atoms with Crippen LogP contribution in [0.15, 0.2) is 18.2 Å². The van der Waals surface area contributed by atoms with Gasteiger partial charge >= 0.3 is 6.09 Å². The van der Waals surface area contributed by atoms with Crippen LogP contribution in [0.1, 0.15) is 38.7 Å². The van der Waals surface area contributed by atoms with E-state index in [9.17, 15) is 14.9 Å². The van der Waals surface area contributed by atoms with E-state index in [0.29, 0.717) is 11.6 Å². The first kappa shape index (κ1) is 18.0. The second kappa shape index (κ2) is 7.07. The van der Waals surface area contributed by atoms with Gasteiger partial charge in [0.2, 0.25) is 0 Å². The van der Waals surface area contributed by atoms with Crippen LogP contribution in [0.25, 0.3) is 0 Å². The number of primary amides is 1. The molecule has 2 N–H and O–H groups in total. The van der Waals surface area contributed by atoms with Crippen LogP contribution < -0.4 is 10.6 Å². The van der Waals surface area contributed by atoms with Gasteiger partial charge in [0.15, 0.2) is 0 Å². The van der Waals surface area contributed by atoms with Crippen LogP contribution in [0.5, 0.6) is 0 Å². The van der Waals surface area contributed by atoms with Crippen molar-refractivity contribution >= 4 is 17.5 Å². The van der Waals surface area contributed by atoms with E-state index in [4.69, 9.17) is 10.5 Å². The van der Waals surface area contributed by atoms with Crippen molar-refractivity contribution < 1.29 is 14.5 Å². The number of hydrogen-bond donors (Lipinski definition) is 1. The molecule has 7 heteroatoms. The molecule has 7 nitrogen and oxygen atoms in total. The first-order chi connectivity index (χ1) is 11.2. The molecule has 0 radical (unpaired) electrons. The Morgan fingerprint density at radius 2 is 2.04 bits per heavy atom. The Morgan fingerprint density at radius 1 is 1.42 bits per heavy atom. The summed E-state index contributed by atoms with van der Waals surface area (Å²) in [4.78, 5) is 23.9. The van der Waals surface area contributed by atoms with E-state index in [0.717, 1.165) is 37.9 Å². The summed E-state index contributed by atoms with van der Waals surface area (Å²) in [6.07, 6.45) is 1.78. The molecule has 1 aromatic rings. The number of hydrogen-bond acceptors (Lipinski definition) is 5. The molecule has 1 fully saturated rings. The van der Waals surface area contributed by atoms with Crippen LogP contribution in [0.3, 0.4) is 0 Å². The minimum absolute atomic E-state index is 0.149. The molecule has 0 spiro atoms. The number of anilines is 1. The number of aryl methyl sites for hydroxylation is 1. The molecule has 0 atom stereocenters. The summed E-state index contributed by atoms with van der Waals surface area (Å²) in [6.45, 7) is 7.15. The Kier molecular flexibility index (Phi) is 5.31. The smallest absolute Gasteiger partial charge is 0.405 e. The van der Waals surface area contributed by atoms with Crippen molar-refractivity contribution in [2.24, 2.45) is 11.7 Å². The highest BCUT2D eigenvalue weighted by atomic mass is 16.6. The Bertz CT molecular complexity index is 622. The molecule has 1 aliphatic heterocycles. The quantitative estimate of drug-likeness (QED) is 0.657. The highest BCUT2D eigenvalue weighted by molar-refractivity contribution is 5.65. The van der Waals surface area contributed by atoms with Gasteiger partial charge in [-0.05, 0) is 57.6 Å². The zero-order chi connectivity index (χ0) is 17.9. The third-order valence-corrected chi connectivity index (χ3v) is 4.44. The predicted octanol–water partition coefficient (Wildman–Crippen LogP) is 3.38. The van der Waals surface area contributed by atoms with Crippen molar-refractivity contribution in [3.8, 4) is 0 Å². The lowest BCUT2D eigenvalue weighted by Crippen LogP contribution is -2.38. The average molecular weight is 335 g/mol. The van der Waals surface area contributed by atoms with Crippen LogP contribution in [0.4, 0.5) is 16.2 Å². The number of amides is 1. The highest BCUT2D eigenvalue weighted by Gasteiger charge is 2.30. The number of nitro groups is 1. The van der Waals surface area contributed by atoms with Gasteiger partial charge in [-0.1, -0.05) is 6.07 Å². The van der Waals surface area contributed by atoms with Crippen molar-refractivity contribution in [2.45, 2.75) is 45.6 Å². The third kappa shape index (κ3) is 4.59. The van der Waals surface area contributed by atoms with Gasteiger partial charge in [-0.2, -0.15) is 0 Å². The second-order valence-electron chi connectivity index (χ2n) is 7.06. The molecule has 0 aliphatic carbocycles. The van der Waals surface area contributed by atoms with Crippen LogP contribution in [0, 0.1) is 23.0 Å². The highest BCUT2D eigenvalue weighted by Crippen LogP contribution is 2.34. The average Bonchev–Trinajstić information content (AvgIpc) is 2.45. The summed E-state index contributed by atoms with van der Waals surface area (Å²) in [5, 5.41) is 11.2. The largest absolute Gasteiger partial charge is 0.444 e. The molecule has 0 saturated carbocycles. The summed E-state index contributed by atoms with van der Waals surface area (Å²) < 4.78 is 5.15. The fourth-order valence-corrected chi connectivity index (χ4v) is 3.43. The topological polar surface area (TPSA) is 98.7 Å². The van der Waals surface area contributed by atoms with Crippen molar-refractivity contribution in [1.82, 2.24) is 0 Å². The van der Waals surface area contributed by atoms with E-state index < -0.39 is 11.7 Å². The van der Waals surface area contributed by atoms with Crippen LogP contribution in [-0.2, 0) is 4.74 Å². The summed E-state index contributed by atoms with van der Waals surface area (Å²) in [5.74, 6) is 0.402. The summed E-state index contributed by atoms with van der Waals surface area (Å²) in [6, 6.07) is 5.21. The SMILES string of the molecule is Cc1ccc([N+](=O)[O-])c(N2CCC(CC(C)(C)OC(N)=O)CC2)c1. The summed E-state index contributed by atoms with van der Waals surface area (Å²) in [7, 11) is 0. The standard InChI is InChI=1S/C17H25N3O4/c1-12-4-5-14(20(22)23)15(10-12)19-8-6-13(7-9-19)11-17(2,3)24-16(18)21/h4-5,10,13H,6-9,11H2,1-3H3,(H2,18,21). The molecule has 1 aliphatic rings. The van der Waals surface area contributed by atoms with Crippen LogP contribution in [0.2, 0.25) is 0 Å². The second-order valence-corrected chi connectivity index (χ2v) is 7.06. The first-order valence-electron chi connectivity index (χ1n) is 8.16. The Morgan fingerprint density at radius 3 is 2.58 bits per heavy atom. The molecule has 132 valence electrons. The molecular formula is C17H25N3O4. The maximum absolute atomic E-state index is 11.2. The number of benzene rings is 1. The maximum Gasteiger partial charge on any atom is 0.405 e. The minimum atomic E-state index is -0.757. The van der Waals surface area contributed by atoms with E-state index >= 15 is 0 Å². The van der Waals surface area contributed by atoms with Gasteiger partial charge in [0.1, 0.15) is 11.3 Å². The monoisotopic (exact) mass is 335 g/mol. The lowest BCUT2D eigenvalue weighted by atomic mass is 9.86. The third-order valence-electron chi connectivity index (χ3n) is 4.44. The zero-order valence-corrected chi connectivity index (χ0v) is 14.4. The molecule has 1 aromatic carbocycles. The van der Waals surface area contributed by atoms with Gasteiger partial charge in [-0.3, -0.25) is 10.1 Å². The molecule has 0 bridgehead atoms. The van der Waals surface area contributed by atoms with Gasteiger partial charge in [0.25, 0.3) is 5.69 Å². The molecule has 1 amide bonds. The van der Waals surface area contributed by atoms with Crippen molar-refractivity contribution in [3.63, 3.8) is 0 Å². The van der Waals surface area contributed by atoms with Gasteiger partial charge in [-0.15, -0.1) is 0 Å². The first-order valence-corrected chi connectivity index (χ1v) is 8.16. The molecule has 0 unspecified atom stereocenters. The minimum Gasteiger partial charge on any atom is -0.444 e. The summed E-state index contributed by atoms with van der Waals surface area (Å²) >= 11 is 0. The lowest BCUT2D eigenvalue weighted by Gasteiger charge is -2.36. The number of carbonyl (C=O) groups is 1. The van der Waals surface area contributed by atoms with Gasteiger partial charge in [0, 0.05) is 19.2 Å². The fraction of sp³-hybridized carbons (Fsp3) is 0.588. The molecular weight excluding hydrogens is 310 g/mol. The van der Waals surface area contributed by atoms with E-state index in [-0.39, 0.29) is 10.6 Å². The van der Waals surface area contributed by atoms with E-state index in [1.807, 2.05) is 26.8 Å². The van der Waals surface area contributed by atoms with Gasteiger partial charge in [0.05, 0.1) is 4.92 Å². The van der Waals surface area contributed by atoms with Crippen molar-refractivity contribution in [1.29, 1.82) is 0 Å². The number of nitrogens with zero attached hydrogens (tertiary/aromatic N) is 2. The number of piperidine rings is 1. The number of ether oxygens (including phenoxy) is 1. The van der Waals surface area contributed by atoms with E-state index in [1.54, 1.807) is 12.1 Å². The molecule has 1 saturated heterocycles. The normalized spacial score (nSPS) is 16.0. The molecule has 24 heavy (non-hydrogen) atoms. The number of nitro benzene ring substituents is 1. The molecule has 0 aromatic heterocycles. The molecule has 1 heterocycles. The van der Waals surface area contributed by atoms with Crippen LogP contribution in [-0.4, -0.2) is 29.7 Å². The Hall–Kier alpha value is -2.31. The number of carbonyl (C=O) groups excluding carboxylic acids is 1. The van der Waals surface area contributed by atoms with Crippen molar-refractivity contribution in [3.05, 3.63) is 33.9 Å². The number of rotatable bonds is 5. The van der Waals surface area contributed by atoms with Gasteiger partial charge in [-0.25, -0.2) is 4.79 Å². The summed E-state index contributed by atoms with van der Waals surface area (Å²) in [5.41, 5.74) is 6.36. The van der Waals surface area contributed by atoms with Gasteiger partial charge < -0.3 is 15.4 Å². The Balaban J connectivity index is 2.02. The Labute approximate surface area is 141 Å². The lowest BCUT2D eigenvalue weighted by molar-refractivity contribution is -0.384. The molecule has 2 rings (SSSR count). The number of nitrogens with two attached hydrogens (primary N) is 1. The zero-order valence-electron chi connectivity index (χ0n) is 14.4. The fourth-order valence-electron chi connectivity index (χ4n) is 3.43. The van der Waals surface area contributed by atoms with Crippen LogP contribution >= 0.6 is 0 Å². The van der Waals surface area contributed by atoms with E-state index in [1.165, 1.54) is 0 Å². The van der Waals surface area contributed by atoms with E-state index in [2.05, 4.69) is 4.90 Å².